The van der Waals surface area contributed by atoms with Crippen molar-refractivity contribution in [3.63, 3.8) is 0 Å². The maximum Gasteiger partial charge on any atom is 0.257 e. The molecule has 1 aromatic carbocycles. The van der Waals surface area contributed by atoms with E-state index in [1.165, 1.54) is 6.07 Å². The van der Waals surface area contributed by atoms with Crippen LogP contribution >= 0.6 is 0 Å². The maximum absolute atomic E-state index is 13.2. The fraction of sp³-hybridized carbons (Fsp3) is 0.364. The molecule has 1 amide bonds. The van der Waals surface area contributed by atoms with E-state index in [1.807, 2.05) is 6.92 Å². The lowest BCUT2D eigenvalue weighted by atomic mass is 10.2. The Kier molecular flexibility index (Phi) is 4.37. The number of amides is 1. The first-order valence-corrected chi connectivity index (χ1v) is 4.95. The van der Waals surface area contributed by atoms with Gasteiger partial charge in [-0.25, -0.2) is 8.78 Å². The van der Waals surface area contributed by atoms with E-state index in [1.54, 1.807) is 7.05 Å². The minimum Gasteiger partial charge on any atom is -0.350 e. The number of halogens is 2. The normalized spacial score (nSPS) is 12.2. The number of hydrogen-bond donors (Lipinski definition) is 2. The van der Waals surface area contributed by atoms with Gasteiger partial charge >= 0.3 is 0 Å². The van der Waals surface area contributed by atoms with Crippen molar-refractivity contribution in [3.8, 4) is 0 Å². The van der Waals surface area contributed by atoms with Crippen LogP contribution in [0.25, 0.3) is 0 Å². The van der Waals surface area contributed by atoms with Crippen molar-refractivity contribution in [1.82, 2.24) is 10.6 Å². The van der Waals surface area contributed by atoms with Gasteiger partial charge in [0.2, 0.25) is 0 Å². The molecule has 5 heteroatoms. The molecule has 0 aliphatic rings. The van der Waals surface area contributed by atoms with Gasteiger partial charge in [-0.15, -0.1) is 0 Å². The lowest BCUT2D eigenvalue weighted by Gasteiger charge is -2.11. The van der Waals surface area contributed by atoms with Gasteiger partial charge in [-0.1, -0.05) is 6.07 Å². The molecule has 0 saturated carbocycles. The van der Waals surface area contributed by atoms with Gasteiger partial charge in [0.05, 0.1) is 0 Å². The second-order valence-corrected chi connectivity index (χ2v) is 3.50. The monoisotopic (exact) mass is 228 g/mol. The molecular weight excluding hydrogens is 214 g/mol. The van der Waals surface area contributed by atoms with Crippen molar-refractivity contribution in [1.29, 1.82) is 0 Å². The highest BCUT2D eigenvalue weighted by atomic mass is 19.1. The highest BCUT2D eigenvalue weighted by Crippen LogP contribution is 2.11. The van der Waals surface area contributed by atoms with Crippen LogP contribution in [0.1, 0.15) is 17.3 Å². The quantitative estimate of drug-likeness (QED) is 0.815. The number of carbonyl (C=O) groups is 1. The largest absolute Gasteiger partial charge is 0.350 e. The third-order valence-electron chi connectivity index (χ3n) is 2.25. The van der Waals surface area contributed by atoms with E-state index in [4.69, 9.17) is 0 Å². The van der Waals surface area contributed by atoms with Gasteiger partial charge < -0.3 is 10.6 Å². The van der Waals surface area contributed by atoms with Crippen LogP contribution in [0.5, 0.6) is 0 Å². The number of carbonyl (C=O) groups excluding carboxylic acids is 1. The highest BCUT2D eigenvalue weighted by molar-refractivity contribution is 5.94. The smallest absolute Gasteiger partial charge is 0.257 e. The highest BCUT2D eigenvalue weighted by Gasteiger charge is 2.16. The number of rotatable bonds is 4. The Balaban J connectivity index is 2.73. The number of benzene rings is 1. The Morgan fingerprint density at radius 2 is 1.94 bits per heavy atom. The van der Waals surface area contributed by atoms with Gasteiger partial charge in [0.25, 0.3) is 5.91 Å². The van der Waals surface area contributed by atoms with Crippen LogP contribution in [-0.4, -0.2) is 25.5 Å². The fourth-order valence-corrected chi connectivity index (χ4v) is 1.15. The summed E-state index contributed by atoms with van der Waals surface area (Å²) in [6.07, 6.45) is 0. The van der Waals surface area contributed by atoms with Crippen molar-refractivity contribution in [2.24, 2.45) is 0 Å². The zero-order valence-corrected chi connectivity index (χ0v) is 9.18. The molecule has 0 heterocycles. The number of hydrogen-bond acceptors (Lipinski definition) is 2. The van der Waals surface area contributed by atoms with E-state index in [9.17, 15) is 13.6 Å². The van der Waals surface area contributed by atoms with Crippen LogP contribution in [0.15, 0.2) is 18.2 Å². The molecule has 1 unspecified atom stereocenters. The summed E-state index contributed by atoms with van der Waals surface area (Å²) >= 11 is 0. The van der Waals surface area contributed by atoms with Crippen LogP contribution in [0.2, 0.25) is 0 Å². The van der Waals surface area contributed by atoms with Gasteiger partial charge in [-0.3, -0.25) is 4.79 Å². The summed E-state index contributed by atoms with van der Waals surface area (Å²) in [6.45, 7) is 2.15. The summed E-state index contributed by atoms with van der Waals surface area (Å²) in [7, 11) is 1.74. The molecular formula is C11H14F2N2O. The first-order valence-electron chi connectivity index (χ1n) is 4.95. The van der Waals surface area contributed by atoms with Crippen molar-refractivity contribution < 1.29 is 13.6 Å². The molecule has 0 fully saturated rings. The molecule has 0 radical (unpaired) electrons. The van der Waals surface area contributed by atoms with Gasteiger partial charge in [0.15, 0.2) is 0 Å². The third kappa shape index (κ3) is 3.00. The van der Waals surface area contributed by atoms with Crippen molar-refractivity contribution in [2.45, 2.75) is 13.0 Å². The Bertz CT molecular complexity index is 362. The zero-order chi connectivity index (χ0) is 12.1. The van der Waals surface area contributed by atoms with Gasteiger partial charge in [-0.05, 0) is 26.1 Å². The molecule has 3 nitrogen and oxygen atoms in total. The molecule has 0 bridgehead atoms. The van der Waals surface area contributed by atoms with Gasteiger partial charge in [0.1, 0.15) is 17.2 Å². The predicted molar refractivity (Wildman–Crippen MR) is 57.2 cm³/mol. The maximum atomic E-state index is 13.2. The number of nitrogens with one attached hydrogen (secondary N) is 2. The SMILES string of the molecule is CNC(C)CNC(=O)c1c(F)cccc1F. The van der Waals surface area contributed by atoms with E-state index in [-0.39, 0.29) is 6.04 Å². The first-order chi connectivity index (χ1) is 7.56. The van der Waals surface area contributed by atoms with E-state index in [2.05, 4.69) is 10.6 Å². The second-order valence-electron chi connectivity index (χ2n) is 3.50. The zero-order valence-electron chi connectivity index (χ0n) is 9.18. The van der Waals surface area contributed by atoms with E-state index in [0.717, 1.165) is 12.1 Å². The average molecular weight is 228 g/mol. The summed E-state index contributed by atoms with van der Waals surface area (Å²) in [5.74, 6) is -2.44. The van der Waals surface area contributed by atoms with Crippen molar-refractivity contribution in [2.75, 3.05) is 13.6 Å². The van der Waals surface area contributed by atoms with Crippen LogP contribution < -0.4 is 10.6 Å². The minimum atomic E-state index is -0.852. The van der Waals surface area contributed by atoms with Gasteiger partial charge in [-0.2, -0.15) is 0 Å². The minimum absolute atomic E-state index is 0.0405. The van der Waals surface area contributed by atoms with Crippen LogP contribution in [0.3, 0.4) is 0 Å². The van der Waals surface area contributed by atoms with Crippen LogP contribution in [0.4, 0.5) is 8.78 Å². The second kappa shape index (κ2) is 5.55. The molecule has 2 N–H and O–H groups in total. The van der Waals surface area contributed by atoms with Crippen LogP contribution in [0, 0.1) is 11.6 Å². The van der Waals surface area contributed by atoms with Crippen LogP contribution in [-0.2, 0) is 0 Å². The topological polar surface area (TPSA) is 41.1 Å². The third-order valence-corrected chi connectivity index (χ3v) is 2.25. The molecule has 0 spiro atoms. The number of likely N-dealkylation sites (N-methyl/N-ethyl adjacent to an activating group) is 1. The van der Waals surface area contributed by atoms with Crippen molar-refractivity contribution in [3.05, 3.63) is 35.4 Å². The Hall–Kier alpha value is -1.49. The summed E-state index contributed by atoms with van der Waals surface area (Å²) in [6, 6.07) is 3.37. The predicted octanol–water partition coefficient (Wildman–Crippen LogP) is 1.30. The first kappa shape index (κ1) is 12.6. The fourth-order valence-electron chi connectivity index (χ4n) is 1.15. The lowest BCUT2D eigenvalue weighted by Crippen LogP contribution is -2.37. The summed E-state index contributed by atoms with van der Waals surface area (Å²) in [5, 5.41) is 5.35. The summed E-state index contributed by atoms with van der Waals surface area (Å²) in [5.41, 5.74) is -0.536. The Morgan fingerprint density at radius 1 is 1.38 bits per heavy atom. The molecule has 1 aromatic rings. The molecule has 0 aliphatic carbocycles. The molecule has 16 heavy (non-hydrogen) atoms. The molecule has 0 aromatic heterocycles. The molecule has 0 aliphatic heterocycles. The molecule has 1 rings (SSSR count). The Morgan fingerprint density at radius 3 is 2.44 bits per heavy atom. The lowest BCUT2D eigenvalue weighted by molar-refractivity contribution is 0.0942. The Labute approximate surface area is 92.8 Å². The van der Waals surface area contributed by atoms with Gasteiger partial charge in [0, 0.05) is 12.6 Å². The average Bonchev–Trinajstić information content (AvgIpc) is 2.25. The van der Waals surface area contributed by atoms with E-state index >= 15 is 0 Å². The van der Waals surface area contributed by atoms with E-state index in [0.29, 0.717) is 6.54 Å². The van der Waals surface area contributed by atoms with E-state index < -0.39 is 23.1 Å². The molecule has 1 atom stereocenters. The summed E-state index contributed by atoms with van der Waals surface area (Å²) < 4.78 is 26.4. The molecule has 88 valence electrons. The molecule has 0 saturated heterocycles. The standard InChI is InChI=1S/C11H14F2N2O/c1-7(14-2)6-15-11(16)10-8(12)4-3-5-9(10)13/h3-5,7,14H,6H2,1-2H3,(H,15,16). The summed E-state index contributed by atoms with van der Waals surface area (Å²) in [4.78, 5) is 11.5. The van der Waals surface area contributed by atoms with Crippen molar-refractivity contribution >= 4 is 5.91 Å².